The fraction of sp³-hybridized carbons (Fsp3) is 0.722. The van der Waals surface area contributed by atoms with Gasteiger partial charge in [0, 0.05) is 18.7 Å². The van der Waals surface area contributed by atoms with Crippen LogP contribution in [-0.2, 0) is 23.1 Å². The quantitative estimate of drug-likeness (QED) is 0.810. The molecule has 1 amide bonds. The molecule has 1 heterocycles. The molecule has 1 atom stereocenters. The largest absolute Gasteiger partial charge is 0.480 e. The number of rotatable bonds is 5. The van der Waals surface area contributed by atoms with Crippen molar-refractivity contribution in [1.29, 1.82) is 0 Å². The van der Waals surface area contributed by atoms with E-state index in [1.54, 1.807) is 0 Å². The average molecular weight is 335 g/mol. The first kappa shape index (κ1) is 18.5. The maximum absolute atomic E-state index is 12.7. The van der Waals surface area contributed by atoms with Crippen LogP contribution in [0.3, 0.4) is 0 Å². The van der Waals surface area contributed by atoms with Crippen LogP contribution in [0.15, 0.2) is 0 Å². The number of carbonyl (C=O) groups excluding carboxylic acids is 1. The van der Waals surface area contributed by atoms with Crippen LogP contribution in [0.1, 0.15) is 62.4 Å². The molecule has 6 heteroatoms. The molecule has 1 aliphatic rings. The average Bonchev–Trinajstić information content (AvgIpc) is 2.73. The van der Waals surface area contributed by atoms with Crippen molar-refractivity contribution in [2.45, 2.75) is 71.3 Å². The second-order valence-corrected chi connectivity index (χ2v) is 7.17. The Balaban J connectivity index is 2.10. The fourth-order valence-corrected chi connectivity index (χ4v) is 3.60. The number of nitrogens with zero attached hydrogens (tertiary/aromatic N) is 2. The SMILES string of the molecule is Cc1nn(C)c(C)c1CC(C)C(=O)NC1(C(=O)O)CCCCCC1. The predicted octanol–water partition coefficient (Wildman–Crippen LogP) is 2.51. The zero-order valence-electron chi connectivity index (χ0n) is 15.2. The molecular formula is C18H29N3O3. The number of hydrogen-bond donors (Lipinski definition) is 2. The summed E-state index contributed by atoms with van der Waals surface area (Å²) >= 11 is 0. The van der Waals surface area contributed by atoms with Gasteiger partial charge >= 0.3 is 5.97 Å². The molecule has 24 heavy (non-hydrogen) atoms. The number of carboxylic acid groups (broad SMARTS) is 1. The molecule has 0 spiro atoms. The van der Waals surface area contributed by atoms with Crippen molar-refractivity contribution in [3.05, 3.63) is 17.0 Å². The molecule has 0 aromatic carbocycles. The van der Waals surface area contributed by atoms with Crippen LogP contribution in [0.5, 0.6) is 0 Å². The van der Waals surface area contributed by atoms with E-state index in [0.717, 1.165) is 42.6 Å². The number of carboxylic acids is 1. The normalized spacial score (nSPS) is 18.7. The van der Waals surface area contributed by atoms with E-state index in [-0.39, 0.29) is 11.8 Å². The number of amides is 1. The predicted molar refractivity (Wildman–Crippen MR) is 91.8 cm³/mol. The Bertz CT molecular complexity index is 613. The minimum Gasteiger partial charge on any atom is -0.480 e. The van der Waals surface area contributed by atoms with E-state index in [2.05, 4.69) is 10.4 Å². The van der Waals surface area contributed by atoms with Gasteiger partial charge in [-0.15, -0.1) is 0 Å². The van der Waals surface area contributed by atoms with Crippen LogP contribution < -0.4 is 5.32 Å². The van der Waals surface area contributed by atoms with Crippen LogP contribution in [0.25, 0.3) is 0 Å². The highest BCUT2D eigenvalue weighted by Gasteiger charge is 2.40. The van der Waals surface area contributed by atoms with Gasteiger partial charge in [-0.3, -0.25) is 9.48 Å². The third-order valence-corrected chi connectivity index (χ3v) is 5.35. The summed E-state index contributed by atoms with van der Waals surface area (Å²) in [6, 6.07) is 0. The van der Waals surface area contributed by atoms with Crippen LogP contribution in [-0.4, -0.2) is 32.3 Å². The van der Waals surface area contributed by atoms with Gasteiger partial charge in [-0.25, -0.2) is 4.79 Å². The summed E-state index contributed by atoms with van der Waals surface area (Å²) in [5.41, 5.74) is 1.96. The Morgan fingerprint density at radius 1 is 1.25 bits per heavy atom. The van der Waals surface area contributed by atoms with Gasteiger partial charge in [0.2, 0.25) is 5.91 Å². The Morgan fingerprint density at radius 3 is 2.29 bits per heavy atom. The van der Waals surface area contributed by atoms with Crippen LogP contribution in [0.2, 0.25) is 0 Å². The Kier molecular flexibility index (Phi) is 5.67. The first-order valence-corrected chi connectivity index (χ1v) is 8.81. The molecule has 1 aromatic heterocycles. The lowest BCUT2D eigenvalue weighted by Gasteiger charge is -2.30. The van der Waals surface area contributed by atoms with E-state index in [4.69, 9.17) is 0 Å². The van der Waals surface area contributed by atoms with Gasteiger partial charge in [0.15, 0.2) is 0 Å². The number of hydrogen-bond acceptors (Lipinski definition) is 3. The summed E-state index contributed by atoms with van der Waals surface area (Å²) in [4.78, 5) is 24.5. The monoisotopic (exact) mass is 335 g/mol. The van der Waals surface area contributed by atoms with Crippen molar-refractivity contribution in [3.8, 4) is 0 Å². The summed E-state index contributed by atoms with van der Waals surface area (Å²) < 4.78 is 1.82. The highest BCUT2D eigenvalue weighted by atomic mass is 16.4. The number of aliphatic carboxylic acids is 1. The lowest BCUT2D eigenvalue weighted by Crippen LogP contribution is -2.55. The van der Waals surface area contributed by atoms with Crippen LogP contribution in [0.4, 0.5) is 0 Å². The molecule has 0 bridgehead atoms. The summed E-state index contributed by atoms with van der Waals surface area (Å²) in [5.74, 6) is -1.37. The smallest absolute Gasteiger partial charge is 0.329 e. The number of carbonyl (C=O) groups is 2. The first-order chi connectivity index (χ1) is 11.3. The van der Waals surface area contributed by atoms with Gasteiger partial charge in [0.05, 0.1) is 5.69 Å². The van der Waals surface area contributed by atoms with Crippen molar-refractivity contribution >= 4 is 11.9 Å². The summed E-state index contributed by atoms with van der Waals surface area (Å²) in [6.45, 7) is 5.79. The summed E-state index contributed by atoms with van der Waals surface area (Å²) in [6.07, 6.45) is 5.39. The molecule has 0 radical (unpaired) electrons. The van der Waals surface area contributed by atoms with Crippen LogP contribution >= 0.6 is 0 Å². The zero-order chi connectivity index (χ0) is 17.9. The van der Waals surface area contributed by atoms with Gasteiger partial charge in [0.1, 0.15) is 5.54 Å². The highest BCUT2D eigenvalue weighted by Crippen LogP contribution is 2.28. The third kappa shape index (κ3) is 3.79. The molecule has 1 saturated carbocycles. The van der Waals surface area contributed by atoms with Gasteiger partial charge < -0.3 is 10.4 Å². The molecule has 1 fully saturated rings. The Morgan fingerprint density at radius 2 is 1.83 bits per heavy atom. The van der Waals surface area contributed by atoms with E-state index < -0.39 is 11.5 Å². The molecule has 134 valence electrons. The molecule has 6 nitrogen and oxygen atoms in total. The molecule has 2 rings (SSSR count). The molecule has 1 aliphatic carbocycles. The molecule has 0 aliphatic heterocycles. The topological polar surface area (TPSA) is 84.2 Å². The van der Waals surface area contributed by atoms with Crippen molar-refractivity contribution < 1.29 is 14.7 Å². The van der Waals surface area contributed by atoms with E-state index in [1.807, 2.05) is 32.5 Å². The van der Waals surface area contributed by atoms with Crippen LogP contribution in [0, 0.1) is 19.8 Å². The lowest BCUT2D eigenvalue weighted by molar-refractivity contribution is -0.149. The minimum absolute atomic E-state index is 0.179. The van der Waals surface area contributed by atoms with Gasteiger partial charge in [-0.1, -0.05) is 32.6 Å². The zero-order valence-corrected chi connectivity index (χ0v) is 15.2. The van der Waals surface area contributed by atoms with E-state index in [1.165, 1.54) is 0 Å². The maximum atomic E-state index is 12.7. The maximum Gasteiger partial charge on any atom is 0.329 e. The van der Waals surface area contributed by atoms with E-state index >= 15 is 0 Å². The lowest BCUT2D eigenvalue weighted by atomic mass is 9.88. The second kappa shape index (κ2) is 7.36. The van der Waals surface area contributed by atoms with Gasteiger partial charge in [-0.2, -0.15) is 5.10 Å². The number of aromatic nitrogens is 2. The second-order valence-electron chi connectivity index (χ2n) is 7.17. The van der Waals surface area contributed by atoms with E-state index in [0.29, 0.717) is 19.3 Å². The third-order valence-electron chi connectivity index (χ3n) is 5.35. The van der Waals surface area contributed by atoms with Gasteiger partial charge in [0.25, 0.3) is 0 Å². The van der Waals surface area contributed by atoms with Crippen molar-refractivity contribution in [2.24, 2.45) is 13.0 Å². The molecular weight excluding hydrogens is 306 g/mol. The first-order valence-electron chi connectivity index (χ1n) is 8.81. The van der Waals surface area contributed by atoms with Crippen molar-refractivity contribution in [2.75, 3.05) is 0 Å². The summed E-state index contributed by atoms with van der Waals surface area (Å²) in [7, 11) is 1.89. The molecule has 1 unspecified atom stereocenters. The Labute approximate surface area is 143 Å². The van der Waals surface area contributed by atoms with Crippen molar-refractivity contribution in [1.82, 2.24) is 15.1 Å². The van der Waals surface area contributed by atoms with Crippen molar-refractivity contribution in [3.63, 3.8) is 0 Å². The summed E-state index contributed by atoms with van der Waals surface area (Å²) in [5, 5.41) is 17.0. The molecule has 2 N–H and O–H groups in total. The van der Waals surface area contributed by atoms with E-state index in [9.17, 15) is 14.7 Å². The Hall–Kier alpha value is -1.85. The fourth-order valence-electron chi connectivity index (χ4n) is 3.60. The number of nitrogens with one attached hydrogen (secondary N) is 1. The van der Waals surface area contributed by atoms with Gasteiger partial charge in [-0.05, 0) is 38.7 Å². The molecule has 1 aromatic rings. The minimum atomic E-state index is -1.10. The number of aryl methyl sites for hydroxylation is 2. The highest BCUT2D eigenvalue weighted by molar-refractivity contribution is 5.88. The molecule has 0 saturated heterocycles. The standard InChI is InChI=1S/C18H29N3O3/c1-12(11-15-13(2)20-21(4)14(15)3)16(22)19-18(17(23)24)9-7-5-6-8-10-18/h12H,5-11H2,1-4H3,(H,19,22)(H,23,24).